The maximum atomic E-state index is 12.7. The van der Waals surface area contributed by atoms with Gasteiger partial charge < -0.3 is 10.6 Å². The lowest BCUT2D eigenvalue weighted by molar-refractivity contribution is -0.141. The van der Waals surface area contributed by atoms with Crippen molar-refractivity contribution in [2.24, 2.45) is 0 Å². The SMILES string of the molecule is Cc1cc(C(F)(F)F)nc(CCNC(=O)CN2C(=O)CNC2=O)n1. The standard InChI is InChI=1S/C13H14F3N5O3/c1-7-4-8(13(14,15)16)20-9(19-7)2-3-17-10(22)6-21-11(23)5-18-12(21)24/h4H,2-3,5-6H2,1H3,(H,17,22)(H,18,24). The van der Waals surface area contributed by atoms with Crippen molar-refractivity contribution in [3.63, 3.8) is 0 Å². The Morgan fingerprint density at radius 2 is 2.08 bits per heavy atom. The Labute approximate surface area is 134 Å². The number of imide groups is 1. The Morgan fingerprint density at radius 3 is 2.67 bits per heavy atom. The van der Waals surface area contributed by atoms with E-state index in [4.69, 9.17) is 0 Å². The first-order valence-electron chi connectivity index (χ1n) is 6.93. The molecule has 2 rings (SSSR count). The summed E-state index contributed by atoms with van der Waals surface area (Å²) in [6, 6.07) is 0.173. The van der Waals surface area contributed by atoms with Gasteiger partial charge in [-0.15, -0.1) is 0 Å². The van der Waals surface area contributed by atoms with Crippen LogP contribution in [0.15, 0.2) is 6.07 Å². The van der Waals surface area contributed by atoms with Crippen molar-refractivity contribution in [1.82, 2.24) is 25.5 Å². The molecule has 4 amide bonds. The van der Waals surface area contributed by atoms with Gasteiger partial charge in [0.05, 0.1) is 6.54 Å². The number of halogens is 3. The molecule has 0 aliphatic carbocycles. The fourth-order valence-electron chi connectivity index (χ4n) is 2.02. The summed E-state index contributed by atoms with van der Waals surface area (Å²) < 4.78 is 38.0. The lowest BCUT2D eigenvalue weighted by Crippen LogP contribution is -2.41. The van der Waals surface area contributed by atoms with E-state index in [-0.39, 0.29) is 31.0 Å². The van der Waals surface area contributed by atoms with E-state index in [1.54, 1.807) is 0 Å². The molecule has 0 unspecified atom stereocenters. The van der Waals surface area contributed by atoms with E-state index < -0.39 is 36.3 Å². The summed E-state index contributed by atoms with van der Waals surface area (Å²) in [6.45, 7) is 0.774. The van der Waals surface area contributed by atoms with Crippen LogP contribution in [0.1, 0.15) is 17.2 Å². The van der Waals surface area contributed by atoms with Gasteiger partial charge >= 0.3 is 12.2 Å². The molecule has 0 aromatic carbocycles. The van der Waals surface area contributed by atoms with E-state index >= 15 is 0 Å². The first-order valence-corrected chi connectivity index (χ1v) is 6.93. The number of alkyl halides is 3. The van der Waals surface area contributed by atoms with E-state index in [0.717, 1.165) is 11.0 Å². The minimum Gasteiger partial charge on any atom is -0.354 e. The fourth-order valence-corrected chi connectivity index (χ4v) is 2.02. The highest BCUT2D eigenvalue weighted by Crippen LogP contribution is 2.27. The van der Waals surface area contributed by atoms with Crippen LogP contribution in [-0.4, -0.2) is 52.3 Å². The molecule has 11 heteroatoms. The highest BCUT2D eigenvalue weighted by molar-refractivity contribution is 6.04. The molecule has 1 aromatic rings. The third-order valence-corrected chi connectivity index (χ3v) is 3.10. The number of aryl methyl sites for hydroxylation is 1. The van der Waals surface area contributed by atoms with E-state index in [9.17, 15) is 27.6 Å². The number of rotatable bonds is 5. The number of nitrogens with zero attached hydrogens (tertiary/aromatic N) is 3. The van der Waals surface area contributed by atoms with Crippen molar-refractivity contribution < 1.29 is 27.6 Å². The Kier molecular flexibility index (Phi) is 5.00. The minimum atomic E-state index is -4.57. The van der Waals surface area contributed by atoms with Gasteiger partial charge in [-0.3, -0.25) is 14.5 Å². The zero-order valence-corrected chi connectivity index (χ0v) is 12.6. The molecule has 1 aromatic heterocycles. The highest BCUT2D eigenvalue weighted by atomic mass is 19.4. The number of hydrogen-bond acceptors (Lipinski definition) is 5. The third-order valence-electron chi connectivity index (χ3n) is 3.10. The van der Waals surface area contributed by atoms with Gasteiger partial charge in [0, 0.05) is 18.7 Å². The molecule has 130 valence electrons. The van der Waals surface area contributed by atoms with Crippen LogP contribution in [-0.2, 0) is 22.2 Å². The molecule has 24 heavy (non-hydrogen) atoms. The van der Waals surface area contributed by atoms with Gasteiger partial charge in [0.1, 0.15) is 18.1 Å². The number of nitrogens with one attached hydrogen (secondary N) is 2. The molecule has 0 bridgehead atoms. The summed E-state index contributed by atoms with van der Waals surface area (Å²) >= 11 is 0. The molecular formula is C13H14F3N5O3. The van der Waals surface area contributed by atoms with Crippen LogP contribution in [0.2, 0.25) is 0 Å². The van der Waals surface area contributed by atoms with Crippen molar-refractivity contribution in [1.29, 1.82) is 0 Å². The molecule has 1 aliphatic rings. The average Bonchev–Trinajstić information content (AvgIpc) is 2.78. The van der Waals surface area contributed by atoms with Gasteiger partial charge in [0.15, 0.2) is 0 Å². The number of urea groups is 1. The van der Waals surface area contributed by atoms with Crippen LogP contribution in [0, 0.1) is 6.92 Å². The van der Waals surface area contributed by atoms with Crippen molar-refractivity contribution >= 4 is 17.8 Å². The maximum Gasteiger partial charge on any atom is 0.433 e. The molecule has 1 aliphatic heterocycles. The number of carbonyl (C=O) groups is 3. The summed E-state index contributed by atoms with van der Waals surface area (Å²) in [4.78, 5) is 42.3. The smallest absolute Gasteiger partial charge is 0.354 e. The molecule has 8 nitrogen and oxygen atoms in total. The van der Waals surface area contributed by atoms with E-state index in [1.165, 1.54) is 6.92 Å². The molecule has 0 atom stereocenters. The van der Waals surface area contributed by atoms with Crippen molar-refractivity contribution in [3.05, 3.63) is 23.3 Å². The lowest BCUT2D eigenvalue weighted by Gasteiger charge is -2.12. The normalized spacial score (nSPS) is 14.8. The Hall–Kier alpha value is -2.72. The fraction of sp³-hybridized carbons (Fsp3) is 0.462. The van der Waals surface area contributed by atoms with E-state index in [1.807, 2.05) is 0 Å². The zero-order valence-electron chi connectivity index (χ0n) is 12.6. The van der Waals surface area contributed by atoms with Crippen LogP contribution >= 0.6 is 0 Å². The Morgan fingerprint density at radius 1 is 1.38 bits per heavy atom. The third kappa shape index (κ3) is 4.40. The number of aromatic nitrogens is 2. The van der Waals surface area contributed by atoms with Gasteiger partial charge in [-0.1, -0.05) is 0 Å². The molecule has 0 saturated carbocycles. The summed E-state index contributed by atoms with van der Waals surface area (Å²) in [7, 11) is 0. The van der Waals surface area contributed by atoms with E-state index in [2.05, 4.69) is 20.6 Å². The lowest BCUT2D eigenvalue weighted by atomic mass is 10.3. The average molecular weight is 345 g/mol. The van der Waals surface area contributed by atoms with Crippen LogP contribution in [0.5, 0.6) is 0 Å². The van der Waals surface area contributed by atoms with Gasteiger partial charge in [-0.2, -0.15) is 13.2 Å². The quantitative estimate of drug-likeness (QED) is 0.732. The van der Waals surface area contributed by atoms with Crippen LogP contribution < -0.4 is 10.6 Å². The Bertz CT molecular complexity index is 661. The monoisotopic (exact) mass is 345 g/mol. The molecule has 2 N–H and O–H groups in total. The molecular weight excluding hydrogens is 331 g/mol. The first-order chi connectivity index (χ1) is 11.2. The molecule has 0 radical (unpaired) electrons. The summed E-state index contributed by atoms with van der Waals surface area (Å²) in [6.07, 6.45) is -4.59. The van der Waals surface area contributed by atoms with Gasteiger partial charge in [-0.05, 0) is 13.0 Å². The second kappa shape index (κ2) is 6.81. The molecule has 0 spiro atoms. The van der Waals surface area contributed by atoms with Crippen LogP contribution in [0.3, 0.4) is 0 Å². The number of carbonyl (C=O) groups excluding carboxylic acids is 3. The predicted octanol–water partition coefficient (Wildman–Crippen LogP) is 0.0143. The Balaban J connectivity index is 1.88. The maximum absolute atomic E-state index is 12.7. The second-order valence-electron chi connectivity index (χ2n) is 5.05. The van der Waals surface area contributed by atoms with Crippen molar-refractivity contribution in [2.45, 2.75) is 19.5 Å². The first kappa shape index (κ1) is 17.6. The van der Waals surface area contributed by atoms with Crippen LogP contribution in [0.25, 0.3) is 0 Å². The summed E-state index contributed by atoms with van der Waals surface area (Å²) in [5.41, 5.74) is -0.881. The van der Waals surface area contributed by atoms with Gasteiger partial charge in [-0.25, -0.2) is 14.8 Å². The van der Waals surface area contributed by atoms with Crippen molar-refractivity contribution in [3.8, 4) is 0 Å². The number of hydrogen-bond donors (Lipinski definition) is 2. The highest BCUT2D eigenvalue weighted by Gasteiger charge is 2.33. The van der Waals surface area contributed by atoms with Gasteiger partial charge in [0.25, 0.3) is 5.91 Å². The second-order valence-corrected chi connectivity index (χ2v) is 5.05. The molecule has 1 saturated heterocycles. The minimum absolute atomic E-state index is 0.0172. The van der Waals surface area contributed by atoms with Crippen molar-refractivity contribution in [2.75, 3.05) is 19.6 Å². The van der Waals surface area contributed by atoms with Gasteiger partial charge in [0.2, 0.25) is 5.91 Å². The predicted molar refractivity (Wildman–Crippen MR) is 73.6 cm³/mol. The number of amides is 4. The largest absolute Gasteiger partial charge is 0.433 e. The zero-order chi connectivity index (χ0) is 17.9. The van der Waals surface area contributed by atoms with E-state index in [0.29, 0.717) is 0 Å². The molecule has 2 heterocycles. The topological polar surface area (TPSA) is 104 Å². The molecule has 1 fully saturated rings. The van der Waals surface area contributed by atoms with Crippen LogP contribution in [0.4, 0.5) is 18.0 Å². The summed E-state index contributed by atoms with van der Waals surface area (Å²) in [5, 5.41) is 4.67. The summed E-state index contributed by atoms with van der Waals surface area (Å²) in [5.74, 6) is -1.19.